The van der Waals surface area contributed by atoms with Crippen molar-refractivity contribution >= 4 is 23.2 Å². The van der Waals surface area contributed by atoms with Gasteiger partial charge in [0.15, 0.2) is 0 Å². The summed E-state index contributed by atoms with van der Waals surface area (Å²) in [6.07, 6.45) is 1.33. The third-order valence-corrected chi connectivity index (χ3v) is 4.10. The predicted octanol–water partition coefficient (Wildman–Crippen LogP) is 2.99. The zero-order valence-corrected chi connectivity index (χ0v) is 11.6. The molecule has 0 saturated carbocycles. The van der Waals surface area contributed by atoms with Crippen LogP contribution in [-0.4, -0.2) is 35.2 Å². The second-order valence-electron chi connectivity index (χ2n) is 5.11. The molecule has 0 amide bonds. The van der Waals surface area contributed by atoms with E-state index in [1.165, 1.54) is 0 Å². The average molecular weight is 274 g/mol. The van der Waals surface area contributed by atoms with E-state index in [0.29, 0.717) is 29.1 Å². The van der Waals surface area contributed by atoms with Gasteiger partial charge in [0.1, 0.15) is 0 Å². The molecule has 0 spiro atoms. The topological polar surface area (TPSA) is 23.5 Å². The van der Waals surface area contributed by atoms with Gasteiger partial charge in [-0.1, -0.05) is 23.2 Å². The van der Waals surface area contributed by atoms with Crippen molar-refractivity contribution in [2.45, 2.75) is 31.4 Å². The highest BCUT2D eigenvalue weighted by Gasteiger charge is 2.39. The van der Waals surface area contributed by atoms with Gasteiger partial charge in [-0.25, -0.2) is 0 Å². The first-order valence-electron chi connectivity index (χ1n) is 5.76. The second kappa shape index (κ2) is 4.77. The smallest absolute Gasteiger partial charge is 0.0829 e. The SMILES string of the molecule is CC1CC(O)(Cc2cc(Cl)ccc2Cl)CN1C. The van der Waals surface area contributed by atoms with Crippen LogP contribution >= 0.6 is 23.2 Å². The number of rotatable bonds is 2. The number of nitrogens with zero attached hydrogens (tertiary/aromatic N) is 1. The predicted molar refractivity (Wildman–Crippen MR) is 71.8 cm³/mol. The molecule has 4 heteroatoms. The maximum absolute atomic E-state index is 10.6. The zero-order chi connectivity index (χ0) is 12.6. The normalized spacial score (nSPS) is 29.8. The summed E-state index contributed by atoms with van der Waals surface area (Å²) < 4.78 is 0. The van der Waals surface area contributed by atoms with Crippen LogP contribution in [0, 0.1) is 0 Å². The Balaban J connectivity index is 2.18. The maximum Gasteiger partial charge on any atom is 0.0829 e. The molecule has 1 aromatic rings. The molecule has 17 heavy (non-hydrogen) atoms. The summed E-state index contributed by atoms with van der Waals surface area (Å²) in [4.78, 5) is 2.17. The summed E-state index contributed by atoms with van der Waals surface area (Å²) in [5.74, 6) is 0. The van der Waals surface area contributed by atoms with Gasteiger partial charge in [0.2, 0.25) is 0 Å². The molecule has 1 N–H and O–H groups in total. The minimum Gasteiger partial charge on any atom is -0.388 e. The van der Waals surface area contributed by atoms with Crippen LogP contribution in [0.3, 0.4) is 0 Å². The van der Waals surface area contributed by atoms with E-state index < -0.39 is 5.60 Å². The molecule has 0 radical (unpaired) electrons. The number of halogens is 2. The van der Waals surface area contributed by atoms with Crippen molar-refractivity contribution < 1.29 is 5.11 Å². The Morgan fingerprint density at radius 1 is 1.47 bits per heavy atom. The molecule has 1 fully saturated rings. The van der Waals surface area contributed by atoms with Crippen LogP contribution in [-0.2, 0) is 6.42 Å². The molecular weight excluding hydrogens is 257 g/mol. The van der Waals surface area contributed by atoms with Gasteiger partial charge in [-0.3, -0.25) is 0 Å². The number of aliphatic hydroxyl groups is 1. The number of hydrogen-bond acceptors (Lipinski definition) is 2. The van der Waals surface area contributed by atoms with Crippen molar-refractivity contribution in [2.24, 2.45) is 0 Å². The summed E-state index contributed by atoms with van der Waals surface area (Å²) in [6, 6.07) is 5.79. The van der Waals surface area contributed by atoms with Gasteiger partial charge in [-0.2, -0.15) is 0 Å². The lowest BCUT2D eigenvalue weighted by atomic mass is 9.92. The average Bonchev–Trinajstić information content (AvgIpc) is 2.47. The van der Waals surface area contributed by atoms with Gasteiger partial charge in [-0.05, 0) is 44.2 Å². The van der Waals surface area contributed by atoms with Gasteiger partial charge >= 0.3 is 0 Å². The van der Waals surface area contributed by atoms with E-state index in [0.717, 1.165) is 12.0 Å². The van der Waals surface area contributed by atoms with Gasteiger partial charge in [0.05, 0.1) is 5.60 Å². The second-order valence-corrected chi connectivity index (χ2v) is 5.95. The fourth-order valence-electron chi connectivity index (χ4n) is 2.55. The summed E-state index contributed by atoms with van der Waals surface area (Å²) in [6.45, 7) is 2.80. The molecule has 2 atom stereocenters. The largest absolute Gasteiger partial charge is 0.388 e. The van der Waals surface area contributed by atoms with Crippen LogP contribution in [0.1, 0.15) is 18.9 Å². The minimum absolute atomic E-state index is 0.401. The Morgan fingerprint density at radius 2 is 2.18 bits per heavy atom. The summed E-state index contributed by atoms with van der Waals surface area (Å²) in [5.41, 5.74) is 0.229. The molecule has 0 bridgehead atoms. The van der Waals surface area contributed by atoms with Crippen LogP contribution in [0.25, 0.3) is 0 Å². The molecule has 0 aromatic heterocycles. The van der Waals surface area contributed by atoms with Gasteiger partial charge in [0.25, 0.3) is 0 Å². The number of benzene rings is 1. The van der Waals surface area contributed by atoms with E-state index in [1.54, 1.807) is 12.1 Å². The summed E-state index contributed by atoms with van der Waals surface area (Å²) in [5, 5.41) is 11.9. The highest BCUT2D eigenvalue weighted by Crippen LogP contribution is 2.32. The van der Waals surface area contributed by atoms with Crippen molar-refractivity contribution in [3.05, 3.63) is 33.8 Å². The third kappa shape index (κ3) is 2.94. The van der Waals surface area contributed by atoms with Gasteiger partial charge in [-0.15, -0.1) is 0 Å². The molecule has 2 nitrogen and oxygen atoms in total. The van der Waals surface area contributed by atoms with Gasteiger partial charge in [0, 0.05) is 29.1 Å². The standard InChI is InChI=1S/C13H17Cl2NO/c1-9-6-13(17,8-16(9)2)7-10-5-11(14)3-4-12(10)15/h3-5,9,17H,6-8H2,1-2H3. The molecular formula is C13H17Cl2NO. The van der Waals surface area contributed by atoms with Crippen LogP contribution in [0.15, 0.2) is 18.2 Å². The Kier molecular flexibility index (Phi) is 3.69. The van der Waals surface area contributed by atoms with Crippen molar-refractivity contribution in [2.75, 3.05) is 13.6 Å². The lowest BCUT2D eigenvalue weighted by molar-refractivity contribution is 0.0521. The molecule has 1 aliphatic heterocycles. The van der Waals surface area contributed by atoms with E-state index in [2.05, 4.69) is 11.8 Å². The molecule has 0 aliphatic carbocycles. The molecule has 1 aromatic carbocycles. The lowest BCUT2D eigenvalue weighted by Gasteiger charge is -2.23. The van der Waals surface area contributed by atoms with Crippen molar-refractivity contribution in [1.29, 1.82) is 0 Å². The van der Waals surface area contributed by atoms with E-state index in [4.69, 9.17) is 23.2 Å². The number of likely N-dealkylation sites (N-methyl/N-ethyl adjacent to an activating group) is 1. The maximum atomic E-state index is 10.6. The number of hydrogen-bond donors (Lipinski definition) is 1. The lowest BCUT2D eigenvalue weighted by Crippen LogP contribution is -2.34. The van der Waals surface area contributed by atoms with Crippen LogP contribution < -0.4 is 0 Å². The van der Waals surface area contributed by atoms with Crippen molar-refractivity contribution in [3.8, 4) is 0 Å². The van der Waals surface area contributed by atoms with Crippen LogP contribution in [0.4, 0.5) is 0 Å². The third-order valence-electron chi connectivity index (χ3n) is 3.50. The van der Waals surface area contributed by atoms with Crippen LogP contribution in [0.5, 0.6) is 0 Å². The first-order valence-corrected chi connectivity index (χ1v) is 6.52. The highest BCUT2D eigenvalue weighted by molar-refractivity contribution is 6.33. The molecule has 1 heterocycles. The Bertz CT molecular complexity index is 412. The number of β-amino-alcohol motifs (C(OH)–C–C–N with tert-alkyl or cyclic N) is 1. The summed E-state index contributed by atoms with van der Waals surface area (Å²) in [7, 11) is 2.03. The van der Waals surface area contributed by atoms with E-state index >= 15 is 0 Å². The monoisotopic (exact) mass is 273 g/mol. The Morgan fingerprint density at radius 3 is 2.76 bits per heavy atom. The van der Waals surface area contributed by atoms with Crippen molar-refractivity contribution in [1.82, 2.24) is 4.90 Å². The quantitative estimate of drug-likeness (QED) is 0.896. The molecule has 1 saturated heterocycles. The highest BCUT2D eigenvalue weighted by atomic mass is 35.5. The molecule has 2 unspecified atom stereocenters. The molecule has 94 valence electrons. The van der Waals surface area contributed by atoms with Crippen LogP contribution in [0.2, 0.25) is 10.0 Å². The van der Waals surface area contributed by atoms with Gasteiger partial charge < -0.3 is 10.0 Å². The molecule has 1 aliphatic rings. The van der Waals surface area contributed by atoms with Crippen molar-refractivity contribution in [3.63, 3.8) is 0 Å². The van der Waals surface area contributed by atoms with E-state index in [9.17, 15) is 5.11 Å². The fourth-order valence-corrected chi connectivity index (χ4v) is 2.93. The minimum atomic E-state index is -0.692. The summed E-state index contributed by atoms with van der Waals surface area (Å²) >= 11 is 12.1. The van der Waals surface area contributed by atoms with E-state index in [-0.39, 0.29) is 0 Å². The first-order chi connectivity index (χ1) is 7.89. The molecule has 2 rings (SSSR count). The zero-order valence-electron chi connectivity index (χ0n) is 10.1. The fraction of sp³-hybridized carbons (Fsp3) is 0.538. The Hall–Kier alpha value is -0.280. The van der Waals surface area contributed by atoms with E-state index in [1.807, 2.05) is 13.1 Å². The first kappa shape index (κ1) is 13.2. The Labute approximate surface area is 112 Å². The number of likely N-dealkylation sites (tertiary alicyclic amines) is 1.